The molecule has 6 aromatic carbocycles. The third kappa shape index (κ3) is 18.8. The Labute approximate surface area is 729 Å². The second kappa shape index (κ2) is 37.0. The molecule has 7 heterocycles. The van der Waals surface area contributed by atoms with Gasteiger partial charge in [-0.25, -0.2) is 0 Å². The average Bonchev–Trinajstić information content (AvgIpc) is 1.56. The number of ether oxygens (including phenoxy) is 7. The van der Waals surface area contributed by atoms with Gasteiger partial charge in [-0.15, -0.1) is 0 Å². The normalized spacial score (nSPS) is 30.9. The Morgan fingerprint density at radius 3 is 2.02 bits per heavy atom. The molecule has 9 amide bonds. The fourth-order valence-electron chi connectivity index (χ4n) is 19.2. The van der Waals surface area contributed by atoms with E-state index >= 15 is 28.8 Å². The van der Waals surface area contributed by atoms with Gasteiger partial charge in [0.1, 0.15) is 96.4 Å². The number of aliphatic hydroxyl groups is 8. The lowest BCUT2D eigenvalue weighted by molar-refractivity contribution is -0.333. The number of hydrogen-bond acceptors (Lipinski definition) is 28. The number of aromatic hydroxyl groups is 1. The van der Waals surface area contributed by atoms with Crippen LogP contribution in [0, 0.1) is 29.6 Å². The van der Waals surface area contributed by atoms with E-state index in [9.17, 15) is 60.3 Å². The number of hydrogen-bond donors (Lipinski definition) is 20. The maximum absolute atomic E-state index is 16.7. The highest BCUT2D eigenvalue weighted by molar-refractivity contribution is 6.32. The maximum Gasteiger partial charge on any atom is 0.248 e. The second-order valence-corrected chi connectivity index (χ2v) is 35.4. The smallest absolute Gasteiger partial charge is 0.248 e. The first-order chi connectivity index (χ1) is 60.0. The molecule has 12 aliphatic rings. The van der Waals surface area contributed by atoms with Crippen LogP contribution in [-0.2, 0) is 69.6 Å². The summed E-state index contributed by atoms with van der Waals surface area (Å²) in [5, 5.41) is 135. The summed E-state index contributed by atoms with van der Waals surface area (Å²) in [5.41, 5.74) is 3.70. The standard InChI is InChI=1S/C89H106ClN11O25/c1-7-93-20-21-120-50-14-8-40(9-15-50)28-63(104)95-64(105)35-58-81(112)97-69-48-31-60(77(126-87-78(76(109)75(108)62(37-102)124-87)125-65-36-88(5,91)79(110)39(4)121-65)61(32-48)123-59-19-13-45(30-56(59)90)74(107)72(85(116)94-58)100-80(111)57(92-6)22-38(2)3)122-51-16-10-43(11-17-51)73(106)71-86(117)99-70(84(115)96-67-46-24-41-23-42(26-46)27-47(67)25-41)53-33-49(103)34-55-66(53)52-29-44(12-18-54(52)89(55,118)119)68(82(113)101-71)98-83(69)114/h8-19,29-34,38-39,41-42,46-47,57-58,62,65,67-76,78-79,87,92-93,102-103,106-110,118-119H,7,20-28,35-37,91H2,1-6H3,(H,94,116)(H,96,115)(H,97,112)(H,98,114)(H,99,117)(H,100,111)(H,101,113)(H,95,104,105)/t39-,41?,42?,46?,47?,57+,58-,62+,65-,67?,68+,69+,70-,71-,72+,73+,74+,75+,76-,78+,79+,87-,88-/m0/s1. The average molecular weight is 1770 g/mol. The van der Waals surface area contributed by atoms with Crippen molar-refractivity contribution < 1.29 is 122 Å². The highest BCUT2D eigenvalue weighted by Gasteiger charge is 2.54. The Morgan fingerprint density at radius 2 is 1.36 bits per heavy atom. The number of benzene rings is 6. The highest BCUT2D eigenvalue weighted by Crippen LogP contribution is 2.56. The van der Waals surface area contributed by atoms with Crippen LogP contribution in [0.5, 0.6) is 40.2 Å². The minimum absolute atomic E-state index is 0.0805. The van der Waals surface area contributed by atoms with Crippen LogP contribution in [0.25, 0.3) is 11.1 Å². The number of imide groups is 1. The molecule has 5 aliphatic carbocycles. The molecule has 0 aromatic heterocycles. The summed E-state index contributed by atoms with van der Waals surface area (Å²) in [6.45, 7) is 9.28. The Bertz CT molecular complexity index is 5130. The van der Waals surface area contributed by atoms with Gasteiger partial charge >= 0.3 is 0 Å². The Morgan fingerprint density at radius 1 is 0.690 bits per heavy atom. The number of likely N-dealkylation sites (N-methyl/N-ethyl adjacent to an activating group) is 2. The van der Waals surface area contributed by atoms with Gasteiger partial charge in [0.05, 0.1) is 42.7 Å². The van der Waals surface area contributed by atoms with E-state index in [1.165, 1.54) is 81.6 Å². The van der Waals surface area contributed by atoms with Crippen molar-refractivity contribution in [1.29, 1.82) is 0 Å². The molecule has 4 saturated carbocycles. The summed E-state index contributed by atoms with van der Waals surface area (Å²) >= 11 is 7.23. The summed E-state index contributed by atoms with van der Waals surface area (Å²) in [6.07, 6.45) is -14.5. The van der Waals surface area contributed by atoms with Crippen molar-refractivity contribution in [1.82, 2.24) is 53.2 Å². The second-order valence-electron chi connectivity index (χ2n) is 35.0. The van der Waals surface area contributed by atoms with Crippen LogP contribution in [0.4, 0.5) is 0 Å². The fraction of sp³-hybridized carbons (Fsp3) is 0.494. The van der Waals surface area contributed by atoms with Crippen molar-refractivity contribution in [3.05, 3.63) is 159 Å². The summed E-state index contributed by atoms with van der Waals surface area (Å²) in [4.78, 5) is 139. The zero-order valence-electron chi connectivity index (χ0n) is 69.9. The van der Waals surface area contributed by atoms with E-state index in [4.69, 9.17) is 50.5 Å². The number of rotatable bonds is 21. The number of phenols is 1. The first kappa shape index (κ1) is 90.3. The highest BCUT2D eigenvalue weighted by atomic mass is 35.5. The van der Waals surface area contributed by atoms with E-state index < -0.39 is 216 Å². The Hall–Kier alpha value is -10.5. The molecule has 18 atom stereocenters. The predicted octanol–water partition coefficient (Wildman–Crippen LogP) is 1.79. The van der Waals surface area contributed by atoms with Gasteiger partial charge in [0.25, 0.3) is 0 Å². The number of nitrogens with one attached hydrogen (secondary N) is 10. The summed E-state index contributed by atoms with van der Waals surface area (Å²) in [5.74, 6) is -14.8. The Kier molecular flexibility index (Phi) is 26.5. The SMILES string of the molecule is CCNCCOc1ccc(CC(=O)NC(=O)C[C@@H]2NC(=O)[C@H](NC(=O)[C@@H](CC(C)C)NC)[C@H](O)c3ccc(c(Cl)c3)Oc3cc4cc(c3O[C@@H]3O[C@H](CO)[C@@H](O)[C@H](O)[C@H]3O[C@H]3C[C@](C)(N)[C@H](O)[C@H](C)O3)Oc3ccc(cc3)[C@@H](O)[C@@H]3NC(=O)[C@H](NC(=O)[C@@H]4NC2=O)c2ccc4c(c2)-c2c(cc(O)cc2C4(O)O)[C@@H](C(=O)NC2C4CC5CC(C4)CC2C5)NC3=O)cc1. The number of fused-ring (bicyclic) bond motifs is 12. The molecule has 7 aliphatic heterocycles. The van der Waals surface area contributed by atoms with E-state index in [2.05, 4.69) is 53.2 Å². The molecule has 6 aromatic rings. The third-order valence-electron chi connectivity index (χ3n) is 25.4. The predicted molar refractivity (Wildman–Crippen MR) is 446 cm³/mol. The van der Waals surface area contributed by atoms with Gasteiger partial charge < -0.3 is 133 Å². The van der Waals surface area contributed by atoms with Gasteiger partial charge in [0, 0.05) is 35.7 Å². The first-order valence-electron chi connectivity index (χ1n) is 42.4. The number of aliphatic hydroxyl groups excluding tert-OH is 6. The lowest BCUT2D eigenvalue weighted by atomic mass is 9.54. The molecule has 18 rings (SSSR count). The number of phenolic OH excluding ortho intramolecular Hbond substituents is 1. The molecule has 37 heteroatoms. The molecule has 21 N–H and O–H groups in total. The topological polar surface area (TPSA) is 547 Å². The summed E-state index contributed by atoms with van der Waals surface area (Å²) < 4.78 is 45.0. The van der Waals surface area contributed by atoms with Crippen molar-refractivity contribution in [2.45, 2.75) is 213 Å². The van der Waals surface area contributed by atoms with Crippen molar-refractivity contribution >= 4 is 64.8 Å². The summed E-state index contributed by atoms with van der Waals surface area (Å²) in [7, 11) is 1.49. The van der Waals surface area contributed by atoms with Crippen molar-refractivity contribution in [3.8, 4) is 51.4 Å². The molecular formula is C89H106ClN11O25. The van der Waals surface area contributed by atoms with Crippen molar-refractivity contribution in [3.63, 3.8) is 0 Å². The fourth-order valence-corrected chi connectivity index (χ4v) is 19.4. The minimum Gasteiger partial charge on any atom is -0.508 e. The van der Waals surface area contributed by atoms with E-state index in [0.717, 1.165) is 56.4 Å². The number of halogens is 1. The van der Waals surface area contributed by atoms with Crippen LogP contribution in [-0.4, -0.2) is 217 Å². The molecule has 0 spiro atoms. The van der Waals surface area contributed by atoms with E-state index in [1.54, 1.807) is 24.3 Å². The zero-order valence-corrected chi connectivity index (χ0v) is 70.6. The zero-order chi connectivity index (χ0) is 89.8. The molecular weight excluding hydrogens is 1660 g/mol. The van der Waals surface area contributed by atoms with E-state index in [-0.39, 0.29) is 97.7 Å². The van der Waals surface area contributed by atoms with Gasteiger partial charge in [-0.2, -0.15) is 0 Å². The largest absolute Gasteiger partial charge is 0.508 e. The van der Waals surface area contributed by atoms with Gasteiger partial charge in [0.15, 0.2) is 23.9 Å². The lowest BCUT2D eigenvalue weighted by Gasteiger charge is -2.54. The van der Waals surface area contributed by atoms with Crippen molar-refractivity contribution in [2.75, 3.05) is 33.4 Å². The van der Waals surface area contributed by atoms with Gasteiger partial charge in [-0.05, 0) is 207 Å². The van der Waals surface area contributed by atoms with Crippen LogP contribution in [0.15, 0.2) is 109 Å². The molecule has 126 heavy (non-hydrogen) atoms. The number of amides is 9. The maximum atomic E-state index is 16.7. The van der Waals surface area contributed by atoms with Gasteiger partial charge in [-0.1, -0.05) is 74.8 Å². The molecule has 15 bridgehead atoms. The summed E-state index contributed by atoms with van der Waals surface area (Å²) in [6, 6.07) is 9.05. The monoisotopic (exact) mass is 1760 g/mol. The molecule has 36 nitrogen and oxygen atoms in total. The molecule has 2 saturated heterocycles. The molecule has 674 valence electrons. The third-order valence-corrected chi connectivity index (χ3v) is 25.7. The van der Waals surface area contributed by atoms with Crippen molar-refractivity contribution in [2.24, 2.45) is 35.3 Å². The lowest BCUT2D eigenvalue weighted by Crippen LogP contribution is -2.64. The molecule has 6 fully saturated rings. The van der Waals surface area contributed by atoms with Crippen LogP contribution in [0.2, 0.25) is 5.02 Å². The molecule has 0 radical (unpaired) electrons. The first-order valence-corrected chi connectivity index (χ1v) is 42.8. The number of carbonyl (C=O) groups is 9. The number of nitrogens with two attached hydrogens (primary N) is 1. The van der Waals surface area contributed by atoms with Crippen LogP contribution < -0.4 is 77.8 Å². The van der Waals surface area contributed by atoms with Gasteiger partial charge in [0.2, 0.25) is 71.0 Å². The number of carbonyl (C=O) groups excluding carboxylic acids is 9. The van der Waals surface area contributed by atoms with Gasteiger partial charge in [-0.3, -0.25) is 48.5 Å². The Balaban J connectivity index is 0.902. The van der Waals surface area contributed by atoms with Crippen LogP contribution in [0.1, 0.15) is 161 Å². The van der Waals surface area contributed by atoms with Crippen LogP contribution >= 0.6 is 11.6 Å². The van der Waals surface area contributed by atoms with E-state index in [0.29, 0.717) is 42.8 Å². The van der Waals surface area contributed by atoms with E-state index in [1.807, 2.05) is 20.8 Å². The quantitative estimate of drug-likeness (QED) is 0.0361. The van der Waals surface area contributed by atoms with Crippen LogP contribution in [0.3, 0.4) is 0 Å². The molecule has 0 unspecified atom stereocenters. The minimum atomic E-state index is -2.98.